The Bertz CT molecular complexity index is 494. The van der Waals surface area contributed by atoms with Crippen LogP contribution in [0.3, 0.4) is 0 Å². The molecule has 0 aliphatic rings. The predicted molar refractivity (Wildman–Crippen MR) is 65.6 cm³/mol. The van der Waals surface area contributed by atoms with Crippen molar-refractivity contribution in [3.63, 3.8) is 0 Å². The van der Waals surface area contributed by atoms with Gasteiger partial charge in [0.15, 0.2) is 0 Å². The monoisotopic (exact) mass is 216 g/mol. The number of rotatable bonds is 3. The Balaban J connectivity index is 2.63. The van der Waals surface area contributed by atoms with E-state index in [1.807, 2.05) is 25.1 Å². The van der Waals surface area contributed by atoms with Gasteiger partial charge in [-0.15, -0.1) is 0 Å². The van der Waals surface area contributed by atoms with Gasteiger partial charge in [0.2, 0.25) is 0 Å². The van der Waals surface area contributed by atoms with E-state index in [9.17, 15) is 0 Å². The van der Waals surface area contributed by atoms with E-state index in [1.165, 1.54) is 0 Å². The summed E-state index contributed by atoms with van der Waals surface area (Å²) in [5.41, 5.74) is 7.99. The van der Waals surface area contributed by atoms with E-state index in [0.29, 0.717) is 0 Å². The smallest absolute Gasteiger partial charge is 0.122 e. The standard InChI is InChI=1S/C13H16N2O/c1-9(14)8-11-10-4-3-7-15-12(10)5-6-13(11)16-2/h3-7,9H,8,14H2,1-2H3. The first-order valence-electron chi connectivity index (χ1n) is 5.38. The number of benzene rings is 1. The molecule has 84 valence electrons. The van der Waals surface area contributed by atoms with Crippen LogP contribution in [0, 0.1) is 0 Å². The second-order valence-corrected chi connectivity index (χ2v) is 4.00. The molecule has 1 atom stereocenters. The Morgan fingerprint density at radius 3 is 2.88 bits per heavy atom. The molecular formula is C13H16N2O. The van der Waals surface area contributed by atoms with E-state index in [2.05, 4.69) is 11.1 Å². The van der Waals surface area contributed by atoms with Gasteiger partial charge in [0, 0.05) is 23.2 Å². The Hall–Kier alpha value is -1.61. The van der Waals surface area contributed by atoms with Gasteiger partial charge >= 0.3 is 0 Å². The molecule has 0 radical (unpaired) electrons. The van der Waals surface area contributed by atoms with Crippen molar-refractivity contribution < 1.29 is 4.74 Å². The zero-order chi connectivity index (χ0) is 11.5. The second kappa shape index (κ2) is 4.49. The van der Waals surface area contributed by atoms with Gasteiger partial charge in [0.25, 0.3) is 0 Å². The molecule has 2 N–H and O–H groups in total. The van der Waals surface area contributed by atoms with E-state index < -0.39 is 0 Å². The van der Waals surface area contributed by atoms with Gasteiger partial charge in [-0.25, -0.2) is 0 Å². The molecular weight excluding hydrogens is 200 g/mol. The van der Waals surface area contributed by atoms with E-state index >= 15 is 0 Å². The minimum Gasteiger partial charge on any atom is -0.496 e. The minimum atomic E-state index is 0.111. The third-order valence-electron chi connectivity index (χ3n) is 2.60. The predicted octanol–water partition coefficient (Wildman–Crippen LogP) is 2.13. The number of nitrogens with zero attached hydrogens (tertiary/aromatic N) is 1. The fourth-order valence-electron chi connectivity index (χ4n) is 1.92. The summed E-state index contributed by atoms with van der Waals surface area (Å²) >= 11 is 0. The highest BCUT2D eigenvalue weighted by Crippen LogP contribution is 2.27. The van der Waals surface area contributed by atoms with E-state index in [4.69, 9.17) is 10.5 Å². The highest BCUT2D eigenvalue weighted by atomic mass is 16.5. The molecule has 1 aromatic carbocycles. The molecule has 0 bridgehead atoms. The lowest BCUT2D eigenvalue weighted by atomic mass is 10.0. The maximum Gasteiger partial charge on any atom is 0.122 e. The van der Waals surface area contributed by atoms with Gasteiger partial charge in [0.05, 0.1) is 12.6 Å². The van der Waals surface area contributed by atoms with Crippen LogP contribution >= 0.6 is 0 Å². The van der Waals surface area contributed by atoms with Crippen molar-refractivity contribution in [3.05, 3.63) is 36.0 Å². The molecule has 0 amide bonds. The van der Waals surface area contributed by atoms with Crippen LogP contribution in [0.15, 0.2) is 30.5 Å². The maximum atomic E-state index is 5.86. The lowest BCUT2D eigenvalue weighted by Crippen LogP contribution is -2.18. The van der Waals surface area contributed by atoms with E-state index in [1.54, 1.807) is 13.3 Å². The van der Waals surface area contributed by atoms with Gasteiger partial charge in [-0.2, -0.15) is 0 Å². The van der Waals surface area contributed by atoms with Crippen LogP contribution < -0.4 is 10.5 Å². The number of nitrogens with two attached hydrogens (primary N) is 1. The first-order chi connectivity index (χ1) is 7.72. The molecule has 1 unspecified atom stereocenters. The van der Waals surface area contributed by atoms with Gasteiger partial charge < -0.3 is 10.5 Å². The van der Waals surface area contributed by atoms with Crippen molar-refractivity contribution in [2.45, 2.75) is 19.4 Å². The summed E-state index contributed by atoms with van der Waals surface area (Å²) in [4.78, 5) is 4.33. The van der Waals surface area contributed by atoms with Gasteiger partial charge in [-0.05, 0) is 31.5 Å². The lowest BCUT2D eigenvalue weighted by molar-refractivity contribution is 0.409. The molecule has 0 saturated carbocycles. The Morgan fingerprint density at radius 2 is 2.19 bits per heavy atom. The van der Waals surface area contributed by atoms with Crippen molar-refractivity contribution in [2.75, 3.05) is 7.11 Å². The molecule has 3 heteroatoms. The number of hydrogen-bond donors (Lipinski definition) is 1. The molecule has 16 heavy (non-hydrogen) atoms. The third-order valence-corrected chi connectivity index (χ3v) is 2.60. The minimum absolute atomic E-state index is 0.111. The zero-order valence-corrected chi connectivity index (χ0v) is 9.60. The van der Waals surface area contributed by atoms with Crippen LogP contribution in [0.25, 0.3) is 10.9 Å². The third kappa shape index (κ3) is 1.99. The maximum absolute atomic E-state index is 5.86. The van der Waals surface area contributed by atoms with Crippen LogP contribution in [-0.4, -0.2) is 18.1 Å². The summed E-state index contributed by atoms with van der Waals surface area (Å²) in [6.45, 7) is 1.99. The number of pyridine rings is 1. The van der Waals surface area contributed by atoms with Crippen molar-refractivity contribution in [1.29, 1.82) is 0 Å². The number of ether oxygens (including phenoxy) is 1. The fraction of sp³-hybridized carbons (Fsp3) is 0.308. The van der Waals surface area contributed by atoms with Gasteiger partial charge in [-0.3, -0.25) is 4.98 Å². The number of hydrogen-bond acceptors (Lipinski definition) is 3. The average Bonchev–Trinajstić information content (AvgIpc) is 2.29. The molecule has 0 aliphatic heterocycles. The molecule has 2 aromatic rings. The van der Waals surface area contributed by atoms with Gasteiger partial charge in [0.1, 0.15) is 5.75 Å². The topological polar surface area (TPSA) is 48.1 Å². The molecule has 2 rings (SSSR count). The van der Waals surface area contributed by atoms with E-state index in [-0.39, 0.29) is 6.04 Å². The zero-order valence-electron chi connectivity index (χ0n) is 9.60. The first-order valence-corrected chi connectivity index (χ1v) is 5.38. The van der Waals surface area contributed by atoms with Gasteiger partial charge in [-0.1, -0.05) is 6.07 Å². The van der Waals surface area contributed by atoms with E-state index in [0.717, 1.165) is 28.6 Å². The molecule has 0 fully saturated rings. The van der Waals surface area contributed by atoms with Crippen LogP contribution in [0.4, 0.5) is 0 Å². The lowest BCUT2D eigenvalue weighted by Gasteiger charge is -2.13. The van der Waals surface area contributed by atoms with Crippen LogP contribution in [0.5, 0.6) is 5.75 Å². The van der Waals surface area contributed by atoms with Crippen LogP contribution in [0.1, 0.15) is 12.5 Å². The normalized spacial score (nSPS) is 12.7. The molecule has 3 nitrogen and oxygen atoms in total. The summed E-state index contributed by atoms with van der Waals surface area (Å²) in [6, 6.07) is 8.03. The quantitative estimate of drug-likeness (QED) is 0.855. The Labute approximate surface area is 95.2 Å². The number of aromatic nitrogens is 1. The first kappa shape index (κ1) is 10.9. The second-order valence-electron chi connectivity index (χ2n) is 4.00. The van der Waals surface area contributed by atoms with Crippen molar-refractivity contribution in [2.24, 2.45) is 5.73 Å². The highest BCUT2D eigenvalue weighted by Gasteiger charge is 2.10. The number of fused-ring (bicyclic) bond motifs is 1. The average molecular weight is 216 g/mol. The molecule has 1 aromatic heterocycles. The molecule has 0 saturated heterocycles. The number of methoxy groups -OCH3 is 1. The fourth-order valence-corrected chi connectivity index (χ4v) is 1.92. The van der Waals surface area contributed by atoms with Crippen LogP contribution in [0.2, 0.25) is 0 Å². The summed E-state index contributed by atoms with van der Waals surface area (Å²) in [5, 5.41) is 1.12. The van der Waals surface area contributed by atoms with Crippen LogP contribution in [-0.2, 0) is 6.42 Å². The Kier molecular flexibility index (Phi) is 3.06. The summed E-state index contributed by atoms with van der Waals surface area (Å²) in [5.74, 6) is 0.887. The van der Waals surface area contributed by atoms with Crippen molar-refractivity contribution >= 4 is 10.9 Å². The molecule has 1 heterocycles. The Morgan fingerprint density at radius 1 is 1.38 bits per heavy atom. The highest BCUT2D eigenvalue weighted by molar-refractivity contribution is 5.84. The SMILES string of the molecule is COc1ccc2ncccc2c1CC(C)N. The molecule has 0 spiro atoms. The summed E-state index contributed by atoms with van der Waals surface area (Å²) in [7, 11) is 1.68. The summed E-state index contributed by atoms with van der Waals surface area (Å²) < 4.78 is 5.37. The molecule has 0 aliphatic carbocycles. The largest absolute Gasteiger partial charge is 0.496 e. The summed E-state index contributed by atoms with van der Waals surface area (Å²) in [6.07, 6.45) is 2.59. The van der Waals surface area contributed by atoms with Crippen molar-refractivity contribution in [3.8, 4) is 5.75 Å². The van der Waals surface area contributed by atoms with Crippen molar-refractivity contribution in [1.82, 2.24) is 4.98 Å².